The molecule has 3 aromatic carbocycles. The highest BCUT2D eigenvalue weighted by molar-refractivity contribution is 9.09. The summed E-state index contributed by atoms with van der Waals surface area (Å²) in [4.78, 5) is 100. The lowest BCUT2D eigenvalue weighted by Gasteiger charge is -2.06. The molecule has 0 spiro atoms. The van der Waals surface area contributed by atoms with Crippen molar-refractivity contribution in [3.05, 3.63) is 251 Å². The van der Waals surface area contributed by atoms with Gasteiger partial charge in [-0.3, -0.25) is 55.4 Å². The maximum absolute atomic E-state index is 12.0. The smallest absolute Gasteiger partial charge is 0.338 e. The molecule has 42 heteroatoms. The van der Waals surface area contributed by atoms with Crippen LogP contribution in [0.15, 0.2) is 185 Å². The van der Waals surface area contributed by atoms with Gasteiger partial charge in [0.05, 0.1) is 83.3 Å². The Kier molecular flexibility index (Phi) is 39.9. The van der Waals surface area contributed by atoms with E-state index >= 15 is 0 Å². The van der Waals surface area contributed by atoms with Crippen LogP contribution in [0.4, 0.5) is 28.4 Å². The van der Waals surface area contributed by atoms with E-state index in [1.54, 1.807) is 60.7 Å². The van der Waals surface area contributed by atoms with Crippen molar-refractivity contribution in [2.24, 2.45) is 0 Å². The second kappa shape index (κ2) is 45.8. The highest BCUT2D eigenvalue weighted by Gasteiger charge is 2.20. The average molecular weight is 1600 g/mol. The Morgan fingerprint density at radius 3 is 1.13 bits per heavy atom. The molecular formula is C56H51BrCl4N10O22S5. The van der Waals surface area contributed by atoms with Crippen LogP contribution in [-0.4, -0.2) is 160 Å². The molecule has 0 radical (unpaired) electrons. The van der Waals surface area contributed by atoms with Gasteiger partial charge in [-0.2, -0.15) is 0 Å². The van der Waals surface area contributed by atoms with Crippen LogP contribution in [0.3, 0.4) is 0 Å². The number of aliphatic hydroxyl groups is 3. The normalized spacial score (nSPS) is 10.2. The zero-order valence-corrected chi connectivity index (χ0v) is 58.4. The molecule has 0 fully saturated rings. The largest absolute Gasteiger partial charge is 0.461 e. The first kappa shape index (κ1) is 85.4. The van der Waals surface area contributed by atoms with Gasteiger partial charge in [0, 0.05) is 67.8 Å². The van der Waals surface area contributed by atoms with Crippen molar-refractivity contribution in [1.29, 1.82) is 0 Å². The number of halogens is 5. The zero-order valence-electron chi connectivity index (χ0n) is 49.7. The predicted octanol–water partition coefficient (Wildman–Crippen LogP) is 11.4. The van der Waals surface area contributed by atoms with Crippen LogP contribution < -0.4 is 0 Å². The molecule has 0 atom stereocenters. The number of hydrogen-bond acceptors (Lipinski definition) is 29. The van der Waals surface area contributed by atoms with Crippen LogP contribution >= 0.6 is 98.1 Å². The molecule has 0 bridgehead atoms. The quantitative estimate of drug-likeness (QED) is 0.00675. The van der Waals surface area contributed by atoms with Gasteiger partial charge in [-0.1, -0.05) is 63.0 Å². The molecule has 8 rings (SSSR count). The number of nitrogens with one attached hydrogen (secondary N) is 1. The number of pyridine rings is 5. The zero-order chi connectivity index (χ0) is 73.4. The standard InChI is InChI=1S/C14H11ClN2O6S.C14H11ClN2O4S.C7H4Cl2O.C7H8N2O5S.C7H8N2O3S.C5H4N2O2S.C2H5BrO/c15-11-3-1-10(2-4-11)14(18)23-7-8-24(21,22)13-6-5-12(9-16-13)17(19)20;15-11-3-1-10(2-4-11)14(18)21-7-8-22-13-6-5-12(9-16-13)17(19)20;8-6-3-1-5(2-4-6)7(9)10;10-3-4-15(13,14)7-2-1-6(5-8-7)9(11)12;10-3-4-13-7-2-1-6(5-8-7)9(11)12;8-7(9)4-1-2-5(10)6-3-4;3-1-2-4/h1-6,9H,7-8H2;1-6,9H,7-8H2;1-4H;1-2,5,10H,3-4H2;1-2,5,10H,3-4H2;1-3H,(H,6,10);4H,1-2H2. The molecule has 0 saturated carbocycles. The summed E-state index contributed by atoms with van der Waals surface area (Å²) in [6.07, 6.45) is 5.39. The minimum Gasteiger partial charge on any atom is -0.461 e. The van der Waals surface area contributed by atoms with E-state index in [0.717, 1.165) is 36.7 Å². The van der Waals surface area contributed by atoms with Crippen molar-refractivity contribution in [3.8, 4) is 0 Å². The summed E-state index contributed by atoms with van der Waals surface area (Å²) in [6, 6.07) is 31.7. The number of hydrogen-bond donors (Lipinski definition) is 4. The number of rotatable bonds is 23. The van der Waals surface area contributed by atoms with Crippen LogP contribution in [0, 0.1) is 55.2 Å². The first-order valence-electron chi connectivity index (χ1n) is 26.5. The number of carbonyl (C=O) groups is 3. The van der Waals surface area contributed by atoms with Crippen LogP contribution in [0.1, 0.15) is 31.1 Å². The summed E-state index contributed by atoms with van der Waals surface area (Å²) in [5.74, 6) is -0.989. The summed E-state index contributed by atoms with van der Waals surface area (Å²) in [5.41, 5.74) is 0.487. The molecule has 8 aromatic rings. The second-order valence-corrected chi connectivity index (χ2v) is 26.6. The minimum atomic E-state index is -3.82. The number of aromatic amines is 1. The Hall–Kier alpha value is -8.64. The molecule has 32 nitrogen and oxygen atoms in total. The highest BCUT2D eigenvalue weighted by Crippen LogP contribution is 2.21. The number of alkyl halides is 1. The van der Waals surface area contributed by atoms with Gasteiger partial charge in [-0.15, -0.1) is 23.5 Å². The van der Waals surface area contributed by atoms with Gasteiger partial charge in [-0.05, 0) is 115 Å². The van der Waals surface area contributed by atoms with Gasteiger partial charge >= 0.3 is 11.9 Å². The van der Waals surface area contributed by atoms with Crippen LogP contribution in [-0.2, 0) is 29.1 Å². The van der Waals surface area contributed by atoms with Crippen molar-refractivity contribution in [2.45, 2.75) is 20.1 Å². The Morgan fingerprint density at radius 2 is 0.827 bits per heavy atom. The number of ether oxygens (including phenoxy) is 2. The fourth-order valence-corrected chi connectivity index (χ4v) is 9.73. The van der Waals surface area contributed by atoms with Crippen LogP contribution in [0.25, 0.3) is 0 Å². The molecule has 0 amide bonds. The van der Waals surface area contributed by atoms with E-state index in [-0.39, 0.29) is 70.5 Å². The maximum Gasteiger partial charge on any atom is 0.338 e. The van der Waals surface area contributed by atoms with Crippen molar-refractivity contribution in [1.82, 2.24) is 24.9 Å². The van der Waals surface area contributed by atoms with E-state index in [1.165, 1.54) is 90.6 Å². The van der Waals surface area contributed by atoms with Gasteiger partial charge < -0.3 is 29.8 Å². The molecule has 5 heterocycles. The number of carbonyl (C=O) groups excluding carboxylic acids is 3. The van der Waals surface area contributed by atoms with E-state index < -0.39 is 79.6 Å². The van der Waals surface area contributed by atoms with Gasteiger partial charge in [-0.25, -0.2) is 46.4 Å². The second-order valence-electron chi connectivity index (χ2n) is 17.4. The number of benzene rings is 3. The third kappa shape index (κ3) is 34.0. The number of nitrogens with zero attached hydrogens (tertiary/aromatic N) is 9. The van der Waals surface area contributed by atoms with E-state index in [1.807, 2.05) is 0 Å². The van der Waals surface area contributed by atoms with Crippen molar-refractivity contribution < 1.29 is 80.6 Å². The molecule has 5 aromatic heterocycles. The third-order valence-corrected chi connectivity index (χ3v) is 17.1. The molecule has 0 aliphatic rings. The number of sulfone groups is 2. The van der Waals surface area contributed by atoms with E-state index in [4.69, 9.17) is 71.2 Å². The van der Waals surface area contributed by atoms with E-state index in [2.05, 4.69) is 53.1 Å². The van der Waals surface area contributed by atoms with Crippen LogP contribution in [0.5, 0.6) is 0 Å². The lowest BCUT2D eigenvalue weighted by molar-refractivity contribution is -0.385. The molecule has 522 valence electrons. The number of thioether (sulfide) groups is 2. The minimum absolute atomic E-state index is 0.0200. The fourth-order valence-electron chi connectivity index (χ4n) is 5.90. The topological polar surface area (TPSA) is 482 Å². The number of aromatic nitrogens is 5. The summed E-state index contributed by atoms with van der Waals surface area (Å²) in [5, 5.41) is 79.0. The predicted molar refractivity (Wildman–Crippen MR) is 368 cm³/mol. The van der Waals surface area contributed by atoms with E-state index in [0.29, 0.717) is 57.7 Å². The van der Waals surface area contributed by atoms with Gasteiger partial charge in [0.2, 0.25) is 0 Å². The molecule has 98 heavy (non-hydrogen) atoms. The molecule has 0 saturated heterocycles. The fraction of sp³-hybridized carbons (Fsp3) is 0.179. The molecular weight excluding hydrogens is 1550 g/mol. The lowest BCUT2D eigenvalue weighted by Crippen LogP contribution is -2.16. The summed E-state index contributed by atoms with van der Waals surface area (Å²) in [7, 11) is -7.46. The number of aliphatic hydroxyl groups excluding tert-OH is 3. The Labute approximate surface area is 597 Å². The van der Waals surface area contributed by atoms with Crippen LogP contribution in [0.2, 0.25) is 15.1 Å². The summed E-state index contributed by atoms with van der Waals surface area (Å²) >= 11 is 32.6. The number of H-pyrrole nitrogens is 1. The Balaban J connectivity index is 0.000000407. The highest BCUT2D eigenvalue weighted by atomic mass is 79.9. The average Bonchev–Trinajstić information content (AvgIpc) is 0.858. The number of nitro groups is 5. The Bertz CT molecular complexity index is 4170. The Morgan fingerprint density at radius 1 is 0.480 bits per heavy atom. The molecule has 4 N–H and O–H groups in total. The molecule has 0 unspecified atom stereocenters. The SMILES string of the molecule is O=C(Cl)c1ccc(Cl)cc1.O=C(OCCS(=O)(=O)c1ccc([N+](=O)[O-])cn1)c1ccc(Cl)cc1.O=C(OCCSc1ccc([N+](=O)[O-])cn1)c1ccc(Cl)cc1.O=[N+]([O-])c1ccc(=S)[nH]c1.O=[N+]([O-])c1ccc(S(=O)(=O)CCO)nc1.O=[N+]([O-])c1ccc(SCCO)nc1.OCCBr. The first-order chi connectivity index (χ1) is 46.4. The monoisotopic (exact) mass is 1590 g/mol. The van der Waals surface area contributed by atoms with Gasteiger partial charge in [0.15, 0.2) is 29.7 Å². The lowest BCUT2D eigenvalue weighted by atomic mass is 10.2. The van der Waals surface area contributed by atoms with Crippen molar-refractivity contribution >= 4 is 163 Å². The van der Waals surface area contributed by atoms with Gasteiger partial charge in [0.25, 0.3) is 33.7 Å². The molecule has 0 aliphatic carbocycles. The van der Waals surface area contributed by atoms with Crippen molar-refractivity contribution in [2.75, 3.05) is 61.4 Å². The third-order valence-electron chi connectivity index (χ3n) is 10.5. The summed E-state index contributed by atoms with van der Waals surface area (Å²) in [6.45, 7) is -0.364. The first-order valence-corrected chi connectivity index (χ1v) is 34.8. The number of esters is 2. The van der Waals surface area contributed by atoms with E-state index in [9.17, 15) is 81.8 Å². The summed E-state index contributed by atoms with van der Waals surface area (Å²) < 4.78 is 57.2. The maximum atomic E-state index is 12.0. The van der Waals surface area contributed by atoms with Gasteiger partial charge in [0.1, 0.15) is 42.6 Å². The van der Waals surface area contributed by atoms with Crippen molar-refractivity contribution in [3.63, 3.8) is 0 Å². The molecule has 0 aliphatic heterocycles.